The minimum atomic E-state index is -0.570. The van der Waals surface area contributed by atoms with Crippen molar-refractivity contribution in [3.8, 4) is 17.3 Å². The minimum absolute atomic E-state index is 0.0958. The van der Waals surface area contributed by atoms with Crippen molar-refractivity contribution in [3.05, 3.63) is 52.3 Å². The standard InChI is InChI=1S/C11H6FN3O/c12-9-4-7(6-13)3-8(5-9)10-11(16)15-2-1-14-10/h1-5H,(H,15,16). The van der Waals surface area contributed by atoms with Crippen LogP contribution in [0.4, 0.5) is 4.39 Å². The van der Waals surface area contributed by atoms with Crippen molar-refractivity contribution in [2.75, 3.05) is 0 Å². The van der Waals surface area contributed by atoms with Gasteiger partial charge in [0.25, 0.3) is 5.56 Å². The highest BCUT2D eigenvalue weighted by atomic mass is 19.1. The van der Waals surface area contributed by atoms with E-state index in [0.717, 1.165) is 6.07 Å². The number of rotatable bonds is 1. The highest BCUT2D eigenvalue weighted by Gasteiger charge is 2.07. The summed E-state index contributed by atoms with van der Waals surface area (Å²) in [6.45, 7) is 0. The average Bonchev–Trinajstić information content (AvgIpc) is 2.28. The first-order valence-electron chi connectivity index (χ1n) is 4.45. The summed E-state index contributed by atoms with van der Waals surface area (Å²) in [7, 11) is 0. The Morgan fingerprint density at radius 2 is 2.19 bits per heavy atom. The van der Waals surface area contributed by atoms with Crippen LogP contribution in [0.3, 0.4) is 0 Å². The number of hydrogen-bond donors (Lipinski definition) is 1. The molecule has 1 aromatic carbocycles. The van der Waals surface area contributed by atoms with Crippen LogP contribution in [-0.4, -0.2) is 9.97 Å². The second-order valence-electron chi connectivity index (χ2n) is 3.11. The van der Waals surface area contributed by atoms with Crippen LogP contribution in [0.1, 0.15) is 5.56 Å². The summed E-state index contributed by atoms with van der Waals surface area (Å²) in [5, 5.41) is 8.68. The van der Waals surface area contributed by atoms with Crippen LogP contribution in [-0.2, 0) is 0 Å². The van der Waals surface area contributed by atoms with Crippen molar-refractivity contribution < 1.29 is 4.39 Å². The van der Waals surface area contributed by atoms with Crippen LogP contribution < -0.4 is 5.56 Å². The summed E-state index contributed by atoms with van der Waals surface area (Å²) >= 11 is 0. The van der Waals surface area contributed by atoms with Crippen LogP contribution >= 0.6 is 0 Å². The molecule has 0 aliphatic heterocycles. The fourth-order valence-electron chi connectivity index (χ4n) is 1.35. The predicted octanol–water partition coefficient (Wildman–Crippen LogP) is 1.45. The van der Waals surface area contributed by atoms with E-state index in [-0.39, 0.29) is 11.3 Å². The SMILES string of the molecule is N#Cc1cc(F)cc(-c2ncc[nH]c2=O)c1. The van der Waals surface area contributed by atoms with E-state index in [1.807, 2.05) is 6.07 Å². The molecule has 1 heterocycles. The average molecular weight is 215 g/mol. The van der Waals surface area contributed by atoms with Crippen LogP contribution in [0.25, 0.3) is 11.3 Å². The van der Waals surface area contributed by atoms with Crippen molar-refractivity contribution >= 4 is 0 Å². The molecule has 0 atom stereocenters. The molecular formula is C11H6FN3O. The molecule has 0 saturated carbocycles. The molecule has 0 unspecified atom stereocenters. The molecule has 5 heteroatoms. The lowest BCUT2D eigenvalue weighted by Gasteiger charge is -2.00. The minimum Gasteiger partial charge on any atom is -0.326 e. The second-order valence-corrected chi connectivity index (χ2v) is 3.11. The number of benzene rings is 1. The van der Waals surface area contributed by atoms with Gasteiger partial charge in [0.1, 0.15) is 11.5 Å². The van der Waals surface area contributed by atoms with E-state index in [0.29, 0.717) is 5.56 Å². The van der Waals surface area contributed by atoms with E-state index in [4.69, 9.17) is 5.26 Å². The Labute approximate surface area is 90.0 Å². The highest BCUT2D eigenvalue weighted by Crippen LogP contribution is 2.16. The molecule has 0 spiro atoms. The first-order chi connectivity index (χ1) is 7.70. The molecule has 0 amide bonds. The zero-order chi connectivity index (χ0) is 11.5. The van der Waals surface area contributed by atoms with E-state index < -0.39 is 11.4 Å². The fraction of sp³-hybridized carbons (Fsp3) is 0. The number of aromatic amines is 1. The van der Waals surface area contributed by atoms with Crippen molar-refractivity contribution in [2.24, 2.45) is 0 Å². The van der Waals surface area contributed by atoms with Gasteiger partial charge in [0, 0.05) is 18.0 Å². The molecule has 0 aliphatic carbocycles. The molecule has 1 aromatic heterocycles. The second kappa shape index (κ2) is 3.95. The van der Waals surface area contributed by atoms with E-state index >= 15 is 0 Å². The fourth-order valence-corrected chi connectivity index (χ4v) is 1.35. The molecule has 78 valence electrons. The molecule has 0 radical (unpaired) electrons. The summed E-state index contributed by atoms with van der Waals surface area (Å²) < 4.78 is 13.1. The molecule has 0 bridgehead atoms. The van der Waals surface area contributed by atoms with Gasteiger partial charge in [-0.3, -0.25) is 4.79 Å². The molecule has 4 nitrogen and oxygen atoms in total. The quantitative estimate of drug-likeness (QED) is 0.782. The lowest BCUT2D eigenvalue weighted by Crippen LogP contribution is -2.09. The summed E-state index contributed by atoms with van der Waals surface area (Å²) in [6, 6.07) is 5.50. The van der Waals surface area contributed by atoms with Gasteiger partial charge >= 0.3 is 0 Å². The highest BCUT2D eigenvalue weighted by molar-refractivity contribution is 5.60. The third kappa shape index (κ3) is 1.81. The van der Waals surface area contributed by atoms with Crippen LogP contribution in [0.2, 0.25) is 0 Å². The Kier molecular flexibility index (Phi) is 2.48. The summed E-state index contributed by atoms with van der Waals surface area (Å²) in [4.78, 5) is 17.7. The van der Waals surface area contributed by atoms with E-state index in [1.165, 1.54) is 24.5 Å². The van der Waals surface area contributed by atoms with Gasteiger partial charge in [-0.05, 0) is 18.2 Å². The maximum absolute atomic E-state index is 13.1. The number of nitriles is 1. The van der Waals surface area contributed by atoms with Gasteiger partial charge in [0.2, 0.25) is 0 Å². The number of halogens is 1. The van der Waals surface area contributed by atoms with Crippen LogP contribution in [0, 0.1) is 17.1 Å². The number of aromatic nitrogens is 2. The zero-order valence-corrected chi connectivity index (χ0v) is 8.07. The van der Waals surface area contributed by atoms with Gasteiger partial charge in [-0.1, -0.05) is 0 Å². The van der Waals surface area contributed by atoms with Gasteiger partial charge in [0.05, 0.1) is 11.6 Å². The predicted molar refractivity (Wildman–Crippen MR) is 55.0 cm³/mol. The number of hydrogen-bond acceptors (Lipinski definition) is 3. The zero-order valence-electron chi connectivity index (χ0n) is 8.07. The molecule has 0 aliphatic rings. The Bertz CT molecular complexity index is 628. The smallest absolute Gasteiger partial charge is 0.274 e. The number of nitrogens with zero attached hydrogens (tertiary/aromatic N) is 2. The van der Waals surface area contributed by atoms with Gasteiger partial charge in [-0.15, -0.1) is 0 Å². The maximum Gasteiger partial charge on any atom is 0.274 e. The molecule has 0 saturated heterocycles. The van der Waals surface area contributed by atoms with E-state index in [9.17, 15) is 9.18 Å². The lowest BCUT2D eigenvalue weighted by molar-refractivity contribution is 0.627. The first kappa shape index (κ1) is 10.1. The largest absolute Gasteiger partial charge is 0.326 e. The number of H-pyrrole nitrogens is 1. The van der Waals surface area contributed by atoms with Crippen molar-refractivity contribution in [1.29, 1.82) is 5.26 Å². The van der Waals surface area contributed by atoms with Crippen molar-refractivity contribution in [3.63, 3.8) is 0 Å². The molecule has 1 N–H and O–H groups in total. The van der Waals surface area contributed by atoms with Gasteiger partial charge in [-0.2, -0.15) is 5.26 Å². The van der Waals surface area contributed by atoms with Crippen LogP contribution in [0.15, 0.2) is 35.4 Å². The topological polar surface area (TPSA) is 69.5 Å². The molecule has 2 rings (SSSR count). The molecule has 0 fully saturated rings. The van der Waals surface area contributed by atoms with Crippen molar-refractivity contribution in [2.45, 2.75) is 0 Å². The van der Waals surface area contributed by atoms with Gasteiger partial charge in [-0.25, -0.2) is 9.37 Å². The Morgan fingerprint density at radius 3 is 2.88 bits per heavy atom. The lowest BCUT2D eigenvalue weighted by atomic mass is 10.1. The van der Waals surface area contributed by atoms with Gasteiger partial charge in [0.15, 0.2) is 0 Å². The summed E-state index contributed by atoms with van der Waals surface area (Å²) in [6.07, 6.45) is 2.78. The van der Waals surface area contributed by atoms with E-state index in [1.54, 1.807) is 0 Å². The third-order valence-electron chi connectivity index (χ3n) is 2.01. The Morgan fingerprint density at radius 1 is 1.38 bits per heavy atom. The Balaban J connectivity index is 2.66. The maximum atomic E-state index is 13.1. The normalized spacial score (nSPS) is 9.75. The van der Waals surface area contributed by atoms with Crippen molar-refractivity contribution in [1.82, 2.24) is 9.97 Å². The molecule has 16 heavy (non-hydrogen) atoms. The summed E-state index contributed by atoms with van der Waals surface area (Å²) in [5.41, 5.74) is 0.119. The monoisotopic (exact) mass is 215 g/mol. The first-order valence-corrected chi connectivity index (χ1v) is 4.45. The summed E-state index contributed by atoms with van der Waals surface area (Å²) in [5.74, 6) is -0.570. The third-order valence-corrected chi connectivity index (χ3v) is 2.01. The molecular weight excluding hydrogens is 209 g/mol. The van der Waals surface area contributed by atoms with E-state index in [2.05, 4.69) is 9.97 Å². The Hall–Kier alpha value is -2.48. The van der Waals surface area contributed by atoms with Gasteiger partial charge < -0.3 is 4.98 Å². The number of nitrogens with one attached hydrogen (secondary N) is 1. The molecule has 2 aromatic rings. The van der Waals surface area contributed by atoms with Crippen LogP contribution in [0.5, 0.6) is 0 Å².